The molecule has 8 heteroatoms. The highest BCUT2D eigenvalue weighted by Crippen LogP contribution is 2.49. The number of carbonyl (C=O) groups excluding carboxylic acids is 1. The topological polar surface area (TPSA) is 85.1 Å². The van der Waals surface area contributed by atoms with Crippen molar-refractivity contribution >= 4 is 27.4 Å². The Bertz CT molecular complexity index is 710. The molecule has 1 heterocycles. The van der Waals surface area contributed by atoms with Gasteiger partial charge in [-0.05, 0) is 41.9 Å². The minimum absolute atomic E-state index is 0.128. The quantitative estimate of drug-likeness (QED) is 0.695. The molecule has 0 atom stereocenters. The number of carbonyl (C=O) groups is 1. The van der Waals surface area contributed by atoms with Crippen molar-refractivity contribution in [3.63, 3.8) is 0 Å². The Morgan fingerprint density at radius 2 is 2.05 bits per heavy atom. The van der Waals surface area contributed by atoms with Gasteiger partial charge in [0.2, 0.25) is 5.91 Å². The van der Waals surface area contributed by atoms with E-state index in [0.717, 1.165) is 23.1 Å². The monoisotopic (exact) mass is 307 g/mol. The number of amides is 1. The number of thiazole rings is 1. The molecule has 1 amide bonds. The van der Waals surface area contributed by atoms with E-state index in [4.69, 9.17) is 0 Å². The van der Waals surface area contributed by atoms with Gasteiger partial charge in [0.15, 0.2) is 5.13 Å². The number of aromatic nitrogens is 1. The van der Waals surface area contributed by atoms with Gasteiger partial charge in [-0.3, -0.25) is 14.9 Å². The molecule has 0 radical (unpaired) electrons. The lowest BCUT2D eigenvalue weighted by molar-refractivity contribution is -0.380. The van der Waals surface area contributed by atoms with Crippen LogP contribution < -0.4 is 5.32 Å². The molecule has 6 nitrogen and oxygen atoms in total. The average Bonchev–Trinajstić information content (AvgIpc) is 3.13. The second-order valence-corrected chi connectivity index (χ2v) is 5.81. The summed E-state index contributed by atoms with van der Waals surface area (Å²) in [6.45, 7) is 0. The maximum absolute atomic E-state index is 12.9. The van der Waals surface area contributed by atoms with Gasteiger partial charge in [-0.2, -0.15) is 0 Å². The van der Waals surface area contributed by atoms with Gasteiger partial charge < -0.3 is 5.32 Å². The predicted molar refractivity (Wildman–Crippen MR) is 74.7 cm³/mol. The summed E-state index contributed by atoms with van der Waals surface area (Å²) in [6.07, 6.45) is 2.44. The third-order valence-electron chi connectivity index (χ3n) is 3.48. The number of nitro groups is 1. The molecule has 0 bridgehead atoms. The molecule has 1 aromatic heterocycles. The van der Waals surface area contributed by atoms with Crippen LogP contribution in [0.15, 0.2) is 30.5 Å². The van der Waals surface area contributed by atoms with Crippen molar-refractivity contribution in [2.75, 3.05) is 5.32 Å². The number of nitrogens with zero attached hydrogens (tertiary/aromatic N) is 2. The van der Waals surface area contributed by atoms with Gasteiger partial charge in [0.25, 0.3) is 0 Å². The van der Waals surface area contributed by atoms with E-state index in [9.17, 15) is 19.3 Å². The van der Waals surface area contributed by atoms with Crippen LogP contribution in [0.1, 0.15) is 18.4 Å². The van der Waals surface area contributed by atoms with E-state index in [1.54, 1.807) is 12.1 Å². The summed E-state index contributed by atoms with van der Waals surface area (Å²) in [4.78, 5) is 26.2. The number of hydrogen-bond acceptors (Lipinski definition) is 5. The maximum Gasteiger partial charge on any atom is 0.345 e. The van der Waals surface area contributed by atoms with Gasteiger partial charge in [0, 0.05) is 0 Å². The Kier molecular flexibility index (Phi) is 3.17. The van der Waals surface area contributed by atoms with Gasteiger partial charge in [-0.25, -0.2) is 9.37 Å². The summed E-state index contributed by atoms with van der Waals surface area (Å²) in [6, 6.07) is 5.81. The zero-order chi connectivity index (χ0) is 15.0. The molecule has 1 aliphatic carbocycles. The van der Waals surface area contributed by atoms with E-state index < -0.39 is 10.3 Å². The minimum atomic E-state index is -0.672. The van der Waals surface area contributed by atoms with Crippen LogP contribution in [0.5, 0.6) is 0 Å². The highest BCUT2D eigenvalue weighted by Gasteiger charge is 2.51. The van der Waals surface area contributed by atoms with E-state index in [1.807, 2.05) is 0 Å². The zero-order valence-electron chi connectivity index (χ0n) is 10.7. The SMILES string of the molecule is O=C(Nc1ncc([N+](=O)[O-])s1)C1(c2ccc(F)cc2)CC1. The number of rotatable bonds is 4. The standard InChI is InChI=1S/C13H10FN3O3S/c14-9-3-1-8(2-4-9)13(5-6-13)11(18)16-12-15-7-10(21-12)17(19)20/h1-4,7H,5-6H2,(H,15,16,18). The van der Waals surface area contributed by atoms with Gasteiger partial charge in [0.1, 0.15) is 12.0 Å². The molecule has 1 fully saturated rings. The molecular weight excluding hydrogens is 297 g/mol. The van der Waals surface area contributed by atoms with Gasteiger partial charge in [-0.1, -0.05) is 12.1 Å². The third kappa shape index (κ3) is 2.49. The average molecular weight is 307 g/mol. The first kappa shape index (κ1) is 13.6. The molecule has 0 spiro atoms. The number of halogens is 1. The first-order chi connectivity index (χ1) is 10.0. The van der Waals surface area contributed by atoms with Crippen LogP contribution in [0.4, 0.5) is 14.5 Å². The number of benzene rings is 1. The largest absolute Gasteiger partial charge is 0.345 e. The Labute approximate surface area is 122 Å². The van der Waals surface area contributed by atoms with Crippen LogP contribution >= 0.6 is 11.3 Å². The van der Waals surface area contributed by atoms with Gasteiger partial charge in [-0.15, -0.1) is 0 Å². The highest BCUT2D eigenvalue weighted by atomic mass is 32.1. The van der Waals surface area contributed by atoms with Crippen LogP contribution in [0, 0.1) is 15.9 Å². The van der Waals surface area contributed by atoms with Gasteiger partial charge >= 0.3 is 5.00 Å². The summed E-state index contributed by atoms with van der Waals surface area (Å²) in [5.74, 6) is -0.621. The second kappa shape index (κ2) is 4.88. The lowest BCUT2D eigenvalue weighted by Gasteiger charge is -2.14. The second-order valence-electron chi connectivity index (χ2n) is 4.80. The van der Waals surface area contributed by atoms with E-state index in [0.29, 0.717) is 12.8 Å². The van der Waals surface area contributed by atoms with Crippen LogP contribution in [0.2, 0.25) is 0 Å². The lowest BCUT2D eigenvalue weighted by atomic mass is 9.95. The van der Waals surface area contributed by atoms with Crippen LogP contribution in [0.3, 0.4) is 0 Å². The summed E-state index contributed by atoms with van der Waals surface area (Å²) in [7, 11) is 0. The van der Waals surface area contributed by atoms with Crippen LogP contribution in [0.25, 0.3) is 0 Å². The van der Waals surface area contributed by atoms with Crippen molar-refractivity contribution in [1.82, 2.24) is 4.98 Å². The number of nitrogens with one attached hydrogen (secondary N) is 1. The van der Waals surface area contributed by atoms with E-state index in [2.05, 4.69) is 10.3 Å². The molecular formula is C13H10FN3O3S. The molecule has 1 N–H and O–H groups in total. The predicted octanol–water partition coefficient (Wildman–Crippen LogP) is 2.86. The zero-order valence-corrected chi connectivity index (χ0v) is 11.5. The van der Waals surface area contributed by atoms with Crippen molar-refractivity contribution in [1.29, 1.82) is 0 Å². The van der Waals surface area contributed by atoms with Crippen molar-refractivity contribution < 1.29 is 14.1 Å². The summed E-state index contributed by atoms with van der Waals surface area (Å²) in [5, 5.41) is 13.3. The van der Waals surface area contributed by atoms with Crippen LogP contribution in [-0.2, 0) is 10.2 Å². The third-order valence-corrected chi connectivity index (χ3v) is 4.34. The molecule has 0 aliphatic heterocycles. The molecule has 1 aromatic carbocycles. The first-order valence-electron chi connectivity index (χ1n) is 6.19. The van der Waals surface area contributed by atoms with Crippen LogP contribution in [-0.4, -0.2) is 15.8 Å². The molecule has 2 aromatic rings. The molecule has 0 unspecified atom stereocenters. The normalized spacial score (nSPS) is 15.5. The fraction of sp³-hybridized carbons (Fsp3) is 0.231. The summed E-state index contributed by atoms with van der Waals surface area (Å²) in [5.41, 5.74) is 0.0705. The lowest BCUT2D eigenvalue weighted by Crippen LogP contribution is -2.27. The van der Waals surface area contributed by atoms with E-state index in [1.165, 1.54) is 12.1 Å². The molecule has 1 aliphatic rings. The molecule has 21 heavy (non-hydrogen) atoms. The summed E-state index contributed by atoms with van der Waals surface area (Å²) < 4.78 is 12.9. The van der Waals surface area contributed by atoms with Crippen molar-refractivity contribution in [3.8, 4) is 0 Å². The Balaban J connectivity index is 1.78. The first-order valence-corrected chi connectivity index (χ1v) is 7.01. The van der Waals surface area contributed by atoms with Crippen molar-refractivity contribution in [2.45, 2.75) is 18.3 Å². The summed E-state index contributed by atoms with van der Waals surface area (Å²) >= 11 is 0.809. The molecule has 3 rings (SSSR count). The molecule has 1 saturated carbocycles. The molecule has 0 saturated heterocycles. The number of anilines is 1. The van der Waals surface area contributed by atoms with Crippen molar-refractivity contribution in [3.05, 3.63) is 52.0 Å². The van der Waals surface area contributed by atoms with E-state index in [-0.39, 0.29) is 21.9 Å². The fourth-order valence-corrected chi connectivity index (χ4v) is 2.79. The maximum atomic E-state index is 12.9. The van der Waals surface area contributed by atoms with Crippen molar-refractivity contribution in [2.24, 2.45) is 0 Å². The minimum Gasteiger partial charge on any atom is -0.301 e. The molecule has 108 valence electrons. The fourth-order valence-electron chi connectivity index (χ4n) is 2.17. The smallest absolute Gasteiger partial charge is 0.301 e. The number of hydrogen-bond donors (Lipinski definition) is 1. The van der Waals surface area contributed by atoms with E-state index >= 15 is 0 Å². The Morgan fingerprint density at radius 3 is 2.57 bits per heavy atom. The highest BCUT2D eigenvalue weighted by molar-refractivity contribution is 7.18. The van der Waals surface area contributed by atoms with Gasteiger partial charge in [0.05, 0.1) is 10.3 Å². The Hall–Kier alpha value is -2.35. The Morgan fingerprint density at radius 1 is 1.38 bits per heavy atom.